The fraction of sp³-hybridized carbons (Fsp3) is 0.538. The molecule has 1 aliphatic heterocycles. The van der Waals surface area contributed by atoms with Crippen LogP contribution in [0.2, 0.25) is 0 Å². The number of sulfonamides is 1. The van der Waals surface area contributed by atoms with Gasteiger partial charge in [-0.2, -0.15) is 0 Å². The van der Waals surface area contributed by atoms with Gasteiger partial charge < -0.3 is 5.73 Å². The molecule has 0 aliphatic carbocycles. The molecule has 1 unspecified atom stereocenters. The normalized spacial score (nSPS) is 20.0. The summed E-state index contributed by atoms with van der Waals surface area (Å²) in [4.78, 5) is 0. The Hall–Kier alpha value is -1.07. The molecule has 2 N–H and O–H groups in total. The average Bonchev–Trinajstić information content (AvgIpc) is 2.49. The second kappa shape index (κ2) is 4.24. The van der Waals surface area contributed by atoms with Crippen LogP contribution in [0.25, 0.3) is 0 Å². The van der Waals surface area contributed by atoms with Crippen LogP contribution in [0.15, 0.2) is 24.3 Å². The van der Waals surface area contributed by atoms with E-state index in [4.69, 9.17) is 5.73 Å². The number of nitrogens with two attached hydrogens (primary N) is 1. The van der Waals surface area contributed by atoms with Crippen molar-refractivity contribution in [3.05, 3.63) is 29.8 Å². The molecule has 0 fully saturated rings. The number of rotatable bonds is 3. The van der Waals surface area contributed by atoms with E-state index in [1.165, 1.54) is 4.31 Å². The quantitative estimate of drug-likeness (QED) is 0.903. The fourth-order valence-corrected chi connectivity index (χ4v) is 4.68. The third kappa shape index (κ3) is 2.52. The minimum Gasteiger partial charge on any atom is -0.325 e. The molecular formula is C13H20N2O2S. The average molecular weight is 268 g/mol. The monoisotopic (exact) mass is 268 g/mol. The lowest BCUT2D eigenvalue weighted by Gasteiger charge is -2.28. The third-order valence-corrected chi connectivity index (χ3v) is 5.26. The number of nitrogens with zero attached hydrogens (tertiary/aromatic N) is 1. The number of hydrogen-bond acceptors (Lipinski definition) is 3. The lowest BCUT2D eigenvalue weighted by Crippen LogP contribution is -2.47. The summed E-state index contributed by atoms with van der Waals surface area (Å²) in [7, 11) is -3.37. The maximum atomic E-state index is 12.5. The van der Waals surface area contributed by atoms with Crippen LogP contribution in [0.3, 0.4) is 0 Å². The summed E-state index contributed by atoms with van der Waals surface area (Å²) < 4.78 is 26.5. The predicted octanol–water partition coefficient (Wildman–Crippen LogP) is 1.50. The Bertz CT molecular complexity index is 546. The first-order chi connectivity index (χ1) is 8.21. The lowest BCUT2D eigenvalue weighted by molar-refractivity contribution is 0.537. The summed E-state index contributed by atoms with van der Waals surface area (Å²) in [6.07, 6.45) is 0.764. The van der Waals surface area contributed by atoms with Crippen molar-refractivity contribution in [2.45, 2.75) is 38.8 Å². The van der Waals surface area contributed by atoms with Gasteiger partial charge in [0.1, 0.15) is 0 Å². The molecular weight excluding hydrogens is 248 g/mol. The zero-order chi connectivity index (χ0) is 13.6. The second-order valence-electron chi connectivity index (χ2n) is 5.72. The molecule has 5 heteroatoms. The molecule has 100 valence electrons. The number of hydrogen-bond donors (Lipinski definition) is 1. The second-order valence-corrected chi connectivity index (χ2v) is 7.57. The van der Waals surface area contributed by atoms with Crippen LogP contribution in [0.1, 0.15) is 26.3 Å². The molecule has 0 amide bonds. The highest BCUT2D eigenvalue weighted by molar-refractivity contribution is 7.92. The van der Waals surface area contributed by atoms with Gasteiger partial charge in [0.15, 0.2) is 0 Å². The van der Waals surface area contributed by atoms with Gasteiger partial charge in [-0.1, -0.05) is 18.2 Å². The van der Waals surface area contributed by atoms with Gasteiger partial charge in [0.25, 0.3) is 0 Å². The standard InChI is InChI=1S/C13H20N2O2S/c1-10-8-11-6-4-5-7-12(11)15(10)18(16,17)9-13(2,3)14/h4-7,10H,8-9,14H2,1-3H3. The zero-order valence-corrected chi connectivity index (χ0v) is 11.9. The van der Waals surface area contributed by atoms with Crippen molar-refractivity contribution in [1.29, 1.82) is 0 Å². The maximum Gasteiger partial charge on any atom is 0.237 e. The van der Waals surface area contributed by atoms with Gasteiger partial charge in [-0.25, -0.2) is 8.42 Å². The predicted molar refractivity (Wildman–Crippen MR) is 74.1 cm³/mol. The first-order valence-electron chi connectivity index (χ1n) is 6.10. The summed E-state index contributed by atoms with van der Waals surface area (Å²) in [6.45, 7) is 5.40. The van der Waals surface area contributed by atoms with E-state index in [9.17, 15) is 8.42 Å². The molecule has 1 heterocycles. The first-order valence-corrected chi connectivity index (χ1v) is 7.70. The Morgan fingerprint density at radius 1 is 1.39 bits per heavy atom. The van der Waals surface area contributed by atoms with Crippen LogP contribution in [0.5, 0.6) is 0 Å². The van der Waals surface area contributed by atoms with E-state index in [1.807, 2.05) is 31.2 Å². The van der Waals surface area contributed by atoms with Crippen molar-refractivity contribution in [3.63, 3.8) is 0 Å². The number of anilines is 1. The van der Waals surface area contributed by atoms with E-state index < -0.39 is 15.6 Å². The minimum atomic E-state index is -3.37. The van der Waals surface area contributed by atoms with Gasteiger partial charge in [0, 0.05) is 11.6 Å². The molecule has 0 saturated heterocycles. The molecule has 0 saturated carbocycles. The molecule has 1 aromatic carbocycles. The van der Waals surface area contributed by atoms with E-state index in [1.54, 1.807) is 13.8 Å². The molecule has 1 atom stereocenters. The highest BCUT2D eigenvalue weighted by atomic mass is 32.2. The summed E-state index contributed by atoms with van der Waals surface area (Å²) >= 11 is 0. The summed E-state index contributed by atoms with van der Waals surface area (Å²) in [5.41, 5.74) is 7.01. The maximum absolute atomic E-state index is 12.5. The van der Waals surface area contributed by atoms with Crippen molar-refractivity contribution < 1.29 is 8.42 Å². The van der Waals surface area contributed by atoms with E-state index in [0.29, 0.717) is 0 Å². The minimum absolute atomic E-state index is 0.0326. The van der Waals surface area contributed by atoms with Crippen molar-refractivity contribution in [2.75, 3.05) is 10.1 Å². The lowest BCUT2D eigenvalue weighted by atomic mass is 10.1. The smallest absolute Gasteiger partial charge is 0.237 e. The molecule has 0 radical (unpaired) electrons. The highest BCUT2D eigenvalue weighted by Crippen LogP contribution is 2.34. The number of para-hydroxylation sites is 1. The molecule has 0 spiro atoms. The zero-order valence-electron chi connectivity index (χ0n) is 11.1. The van der Waals surface area contributed by atoms with E-state index in [0.717, 1.165) is 17.7 Å². The number of fused-ring (bicyclic) bond motifs is 1. The summed E-state index contributed by atoms with van der Waals surface area (Å²) in [5, 5.41) is 0. The molecule has 0 bridgehead atoms. The van der Waals surface area contributed by atoms with Crippen LogP contribution in [0, 0.1) is 0 Å². The van der Waals surface area contributed by atoms with Crippen molar-refractivity contribution >= 4 is 15.7 Å². The van der Waals surface area contributed by atoms with Gasteiger partial charge in [0.05, 0.1) is 11.4 Å². The van der Waals surface area contributed by atoms with Crippen molar-refractivity contribution in [1.82, 2.24) is 0 Å². The van der Waals surface area contributed by atoms with Crippen molar-refractivity contribution in [3.8, 4) is 0 Å². The largest absolute Gasteiger partial charge is 0.325 e. The van der Waals surface area contributed by atoms with Gasteiger partial charge in [-0.15, -0.1) is 0 Å². The Labute approximate surface area is 109 Å². The molecule has 4 nitrogen and oxygen atoms in total. The van der Waals surface area contributed by atoms with E-state index in [-0.39, 0.29) is 11.8 Å². The third-order valence-electron chi connectivity index (χ3n) is 3.00. The van der Waals surface area contributed by atoms with Crippen LogP contribution in [-0.4, -0.2) is 25.8 Å². The Kier molecular flexibility index (Phi) is 3.15. The van der Waals surface area contributed by atoms with Gasteiger partial charge in [-0.05, 0) is 38.8 Å². The first kappa shape index (κ1) is 13.4. The number of benzene rings is 1. The molecule has 18 heavy (non-hydrogen) atoms. The Balaban J connectivity index is 2.40. The fourth-order valence-electron chi connectivity index (χ4n) is 2.50. The summed E-state index contributed by atoms with van der Waals surface area (Å²) in [6, 6.07) is 7.62. The van der Waals surface area contributed by atoms with Gasteiger partial charge >= 0.3 is 0 Å². The van der Waals surface area contributed by atoms with Gasteiger partial charge in [0.2, 0.25) is 10.0 Å². The van der Waals surface area contributed by atoms with E-state index >= 15 is 0 Å². The van der Waals surface area contributed by atoms with Crippen LogP contribution in [0.4, 0.5) is 5.69 Å². The Morgan fingerprint density at radius 3 is 2.61 bits per heavy atom. The van der Waals surface area contributed by atoms with E-state index in [2.05, 4.69) is 0 Å². The Morgan fingerprint density at radius 2 is 2.00 bits per heavy atom. The highest BCUT2D eigenvalue weighted by Gasteiger charge is 2.36. The van der Waals surface area contributed by atoms with Crippen LogP contribution >= 0.6 is 0 Å². The SMILES string of the molecule is CC1Cc2ccccc2N1S(=O)(=O)CC(C)(C)N. The molecule has 0 aromatic heterocycles. The van der Waals surface area contributed by atoms with Crippen molar-refractivity contribution in [2.24, 2.45) is 5.73 Å². The molecule has 1 aromatic rings. The van der Waals surface area contributed by atoms with Gasteiger partial charge in [-0.3, -0.25) is 4.31 Å². The topological polar surface area (TPSA) is 63.4 Å². The molecule has 2 rings (SSSR count). The molecule has 1 aliphatic rings. The van der Waals surface area contributed by atoms with Crippen LogP contribution in [-0.2, 0) is 16.4 Å². The van der Waals surface area contributed by atoms with Crippen LogP contribution < -0.4 is 10.0 Å². The summed E-state index contributed by atoms with van der Waals surface area (Å²) in [5.74, 6) is -0.0430.